The van der Waals surface area contributed by atoms with Crippen LogP contribution in [-0.4, -0.2) is 48.3 Å². The first-order valence-electron chi connectivity index (χ1n) is 6.05. The molecule has 2 rings (SSSR count). The number of hydrogen-bond acceptors (Lipinski definition) is 5. The summed E-state index contributed by atoms with van der Waals surface area (Å²) in [4.78, 5) is 4.76. The predicted octanol–water partition coefficient (Wildman–Crippen LogP) is 1.34. The molecular formula is C11H21N3OS. The number of morpholine rings is 1. The number of hydrazine groups is 1. The van der Waals surface area contributed by atoms with E-state index < -0.39 is 0 Å². The van der Waals surface area contributed by atoms with Crippen LogP contribution in [-0.2, 0) is 4.74 Å². The average Bonchev–Trinajstić information content (AvgIpc) is 2.30. The molecule has 0 aromatic heterocycles. The van der Waals surface area contributed by atoms with E-state index >= 15 is 0 Å². The van der Waals surface area contributed by atoms with Crippen LogP contribution >= 0.6 is 11.8 Å². The highest BCUT2D eigenvalue weighted by molar-refractivity contribution is 8.13. The molecule has 1 unspecified atom stereocenters. The van der Waals surface area contributed by atoms with E-state index in [1.165, 1.54) is 12.2 Å². The topological polar surface area (TPSA) is 36.9 Å². The van der Waals surface area contributed by atoms with Gasteiger partial charge in [-0.05, 0) is 12.3 Å². The van der Waals surface area contributed by atoms with Crippen LogP contribution in [0.5, 0.6) is 0 Å². The van der Waals surface area contributed by atoms with E-state index in [4.69, 9.17) is 9.73 Å². The summed E-state index contributed by atoms with van der Waals surface area (Å²) in [5, 5.41) is 3.30. The van der Waals surface area contributed by atoms with Crippen LogP contribution in [0, 0.1) is 5.92 Å². The Balaban J connectivity index is 1.87. The van der Waals surface area contributed by atoms with Crippen LogP contribution in [0.3, 0.4) is 0 Å². The SMILES string of the molecule is CC(C)C1CCSC(NN2CCOCC2)=N1. The highest BCUT2D eigenvalue weighted by Gasteiger charge is 2.20. The lowest BCUT2D eigenvalue weighted by molar-refractivity contribution is 0.0252. The zero-order valence-corrected chi connectivity index (χ0v) is 10.9. The molecule has 0 aromatic carbocycles. The van der Waals surface area contributed by atoms with Crippen molar-refractivity contribution in [3.63, 3.8) is 0 Å². The molecule has 0 amide bonds. The number of rotatable bonds is 2. The van der Waals surface area contributed by atoms with Crippen LogP contribution in [0.15, 0.2) is 4.99 Å². The number of aliphatic imine (C=N–C) groups is 1. The summed E-state index contributed by atoms with van der Waals surface area (Å²) < 4.78 is 5.32. The Morgan fingerprint density at radius 3 is 2.88 bits per heavy atom. The summed E-state index contributed by atoms with van der Waals surface area (Å²) in [5.74, 6) is 1.82. The lowest BCUT2D eigenvalue weighted by Gasteiger charge is -2.30. The van der Waals surface area contributed by atoms with Crippen molar-refractivity contribution in [2.24, 2.45) is 10.9 Å². The number of nitrogens with one attached hydrogen (secondary N) is 1. The first kappa shape index (κ1) is 12.2. The van der Waals surface area contributed by atoms with Gasteiger partial charge in [0.1, 0.15) is 0 Å². The minimum Gasteiger partial charge on any atom is -0.379 e. The van der Waals surface area contributed by atoms with Gasteiger partial charge in [-0.3, -0.25) is 10.4 Å². The fourth-order valence-electron chi connectivity index (χ4n) is 1.88. The normalized spacial score (nSPS) is 27.9. The molecule has 0 aliphatic carbocycles. The van der Waals surface area contributed by atoms with Gasteiger partial charge in [-0.1, -0.05) is 25.6 Å². The summed E-state index contributed by atoms with van der Waals surface area (Å²) in [7, 11) is 0. The quantitative estimate of drug-likeness (QED) is 0.794. The Kier molecular flexibility index (Phi) is 4.49. The van der Waals surface area contributed by atoms with Crippen molar-refractivity contribution < 1.29 is 4.74 Å². The summed E-state index contributed by atoms with van der Waals surface area (Å²) >= 11 is 1.83. The van der Waals surface area contributed by atoms with E-state index in [1.54, 1.807) is 0 Å². The molecular weight excluding hydrogens is 222 g/mol. The maximum Gasteiger partial charge on any atom is 0.171 e. The fourth-order valence-corrected chi connectivity index (χ4v) is 2.84. The zero-order chi connectivity index (χ0) is 11.4. The van der Waals surface area contributed by atoms with Crippen LogP contribution in [0.1, 0.15) is 20.3 Å². The minimum absolute atomic E-state index is 0.491. The van der Waals surface area contributed by atoms with Crippen molar-refractivity contribution in [3.05, 3.63) is 0 Å². The van der Waals surface area contributed by atoms with E-state index in [9.17, 15) is 0 Å². The molecule has 92 valence electrons. The fraction of sp³-hybridized carbons (Fsp3) is 0.909. The lowest BCUT2D eigenvalue weighted by atomic mass is 10.0. The molecule has 0 bridgehead atoms. The molecule has 0 radical (unpaired) electrons. The van der Waals surface area contributed by atoms with Crippen molar-refractivity contribution in [1.29, 1.82) is 0 Å². The van der Waals surface area contributed by atoms with Gasteiger partial charge in [0.25, 0.3) is 0 Å². The van der Waals surface area contributed by atoms with E-state index in [0.29, 0.717) is 12.0 Å². The Morgan fingerprint density at radius 1 is 1.44 bits per heavy atom. The van der Waals surface area contributed by atoms with Crippen LogP contribution < -0.4 is 5.43 Å². The van der Waals surface area contributed by atoms with Gasteiger partial charge < -0.3 is 4.74 Å². The second-order valence-electron chi connectivity index (χ2n) is 4.59. The van der Waals surface area contributed by atoms with Crippen molar-refractivity contribution in [2.75, 3.05) is 32.1 Å². The predicted molar refractivity (Wildman–Crippen MR) is 68.7 cm³/mol. The van der Waals surface area contributed by atoms with Gasteiger partial charge in [-0.2, -0.15) is 0 Å². The Morgan fingerprint density at radius 2 is 2.19 bits per heavy atom. The third-order valence-corrected chi connectivity index (χ3v) is 3.88. The molecule has 1 saturated heterocycles. The van der Waals surface area contributed by atoms with Crippen molar-refractivity contribution in [1.82, 2.24) is 10.4 Å². The minimum atomic E-state index is 0.491. The van der Waals surface area contributed by atoms with Gasteiger partial charge in [0.2, 0.25) is 0 Å². The summed E-state index contributed by atoms with van der Waals surface area (Å²) in [6.07, 6.45) is 1.20. The van der Waals surface area contributed by atoms with Gasteiger partial charge in [-0.15, -0.1) is 0 Å². The average molecular weight is 243 g/mol. The van der Waals surface area contributed by atoms with Gasteiger partial charge in [0, 0.05) is 18.8 Å². The number of ether oxygens (including phenoxy) is 1. The van der Waals surface area contributed by atoms with Crippen LogP contribution in [0.4, 0.5) is 0 Å². The van der Waals surface area contributed by atoms with E-state index in [0.717, 1.165) is 31.5 Å². The number of hydrogen-bond donors (Lipinski definition) is 1. The maximum atomic E-state index is 5.32. The lowest BCUT2D eigenvalue weighted by Crippen LogP contribution is -2.48. The van der Waals surface area contributed by atoms with Crippen molar-refractivity contribution in [2.45, 2.75) is 26.3 Å². The zero-order valence-electron chi connectivity index (χ0n) is 10.1. The number of amidine groups is 1. The molecule has 0 spiro atoms. The Labute approximate surface area is 102 Å². The molecule has 16 heavy (non-hydrogen) atoms. The Bertz CT molecular complexity index is 252. The monoisotopic (exact) mass is 243 g/mol. The first-order chi connectivity index (χ1) is 7.75. The molecule has 1 atom stereocenters. The van der Waals surface area contributed by atoms with Crippen molar-refractivity contribution in [3.8, 4) is 0 Å². The summed E-state index contributed by atoms with van der Waals surface area (Å²) in [5.41, 5.74) is 3.41. The highest BCUT2D eigenvalue weighted by Crippen LogP contribution is 2.21. The standard InChI is InChI=1S/C11H21N3OS/c1-9(2)10-3-8-16-11(12-10)13-14-4-6-15-7-5-14/h9-10H,3-8H2,1-2H3,(H,12,13). The van der Waals surface area contributed by atoms with Gasteiger partial charge >= 0.3 is 0 Å². The molecule has 0 saturated carbocycles. The second-order valence-corrected chi connectivity index (χ2v) is 5.68. The first-order valence-corrected chi connectivity index (χ1v) is 7.04. The number of thioether (sulfide) groups is 1. The molecule has 1 fully saturated rings. The summed E-state index contributed by atoms with van der Waals surface area (Å²) in [6, 6.07) is 0.491. The smallest absolute Gasteiger partial charge is 0.171 e. The highest BCUT2D eigenvalue weighted by atomic mass is 32.2. The maximum absolute atomic E-state index is 5.32. The third kappa shape index (κ3) is 3.37. The van der Waals surface area contributed by atoms with Crippen LogP contribution in [0.2, 0.25) is 0 Å². The Hall–Kier alpha value is -0.260. The summed E-state index contributed by atoms with van der Waals surface area (Å²) in [6.45, 7) is 8.03. The molecule has 2 aliphatic rings. The molecule has 4 nitrogen and oxygen atoms in total. The van der Waals surface area contributed by atoms with Crippen LogP contribution in [0.25, 0.3) is 0 Å². The molecule has 0 aromatic rings. The second kappa shape index (κ2) is 5.89. The molecule has 2 aliphatic heterocycles. The van der Waals surface area contributed by atoms with Gasteiger partial charge in [-0.25, -0.2) is 5.01 Å². The van der Waals surface area contributed by atoms with Gasteiger partial charge in [0.05, 0.1) is 19.3 Å². The van der Waals surface area contributed by atoms with Crippen molar-refractivity contribution >= 4 is 16.9 Å². The van der Waals surface area contributed by atoms with E-state index in [1.807, 2.05) is 11.8 Å². The largest absolute Gasteiger partial charge is 0.379 e. The van der Waals surface area contributed by atoms with Gasteiger partial charge in [0.15, 0.2) is 5.17 Å². The molecule has 1 N–H and O–H groups in total. The molecule has 2 heterocycles. The van der Waals surface area contributed by atoms with E-state index in [2.05, 4.69) is 24.3 Å². The molecule has 5 heteroatoms. The number of nitrogens with zero attached hydrogens (tertiary/aromatic N) is 2. The third-order valence-electron chi connectivity index (χ3n) is 2.97. The van der Waals surface area contributed by atoms with E-state index in [-0.39, 0.29) is 0 Å².